The molecule has 5 nitrogen and oxygen atoms in total. The molecule has 0 saturated carbocycles. The van der Waals surface area contributed by atoms with Crippen molar-refractivity contribution in [3.05, 3.63) is 19.9 Å². The van der Waals surface area contributed by atoms with E-state index in [1.807, 2.05) is 0 Å². The van der Waals surface area contributed by atoms with Gasteiger partial charge < -0.3 is 15.1 Å². The molecule has 92 valence electrons. The summed E-state index contributed by atoms with van der Waals surface area (Å²) in [4.78, 5) is 24.3. The number of aliphatic carboxylic acids is 1. The number of rotatable bonds is 2. The quantitative estimate of drug-likeness (QED) is 0.765. The van der Waals surface area contributed by atoms with Crippen LogP contribution in [0.15, 0.2) is 11.4 Å². The highest BCUT2D eigenvalue weighted by atomic mass is 127. The van der Waals surface area contributed by atoms with Gasteiger partial charge in [0.1, 0.15) is 6.04 Å². The van der Waals surface area contributed by atoms with Gasteiger partial charge in [-0.3, -0.25) is 4.79 Å². The van der Waals surface area contributed by atoms with E-state index in [4.69, 9.17) is 5.11 Å². The van der Waals surface area contributed by atoms with Gasteiger partial charge in [0, 0.05) is 18.3 Å². The van der Waals surface area contributed by atoms with Crippen LogP contribution in [0.25, 0.3) is 0 Å². The van der Waals surface area contributed by atoms with Crippen molar-refractivity contribution in [3.63, 3.8) is 0 Å². The van der Waals surface area contributed by atoms with Crippen molar-refractivity contribution >= 4 is 45.8 Å². The molecule has 2 N–H and O–H groups in total. The number of nitrogens with zero attached hydrogens (tertiary/aromatic N) is 1. The standard InChI is InChI=1S/C10H10INO4S/c11-8-1-5(4-17-8)9(14)12-3-6(13)2-7(12)10(15)16/h1,4,6-7,13H,2-3H2,(H,15,16)/t6-,7-/m1/s1. The van der Waals surface area contributed by atoms with Crippen molar-refractivity contribution in [1.82, 2.24) is 4.90 Å². The van der Waals surface area contributed by atoms with Crippen molar-refractivity contribution in [2.24, 2.45) is 0 Å². The summed E-state index contributed by atoms with van der Waals surface area (Å²) >= 11 is 3.53. The van der Waals surface area contributed by atoms with Crippen molar-refractivity contribution in [1.29, 1.82) is 0 Å². The zero-order valence-corrected chi connectivity index (χ0v) is 11.6. The predicted octanol–water partition coefficient (Wildman–Crippen LogP) is 1.01. The molecule has 1 aliphatic rings. The molecule has 1 aliphatic heterocycles. The number of carbonyl (C=O) groups is 2. The van der Waals surface area contributed by atoms with Gasteiger partial charge in [0.05, 0.1) is 14.6 Å². The van der Waals surface area contributed by atoms with Crippen LogP contribution in [0.3, 0.4) is 0 Å². The average molecular weight is 367 g/mol. The number of carboxylic acid groups (broad SMARTS) is 1. The Morgan fingerprint density at radius 2 is 2.24 bits per heavy atom. The highest BCUT2D eigenvalue weighted by Gasteiger charge is 2.39. The number of β-amino-alcohol motifs (C(OH)–C–C–N with tert-alkyl or cyclic N) is 1. The Bertz CT molecular complexity index is 461. The Kier molecular flexibility index (Phi) is 3.69. The van der Waals surface area contributed by atoms with Gasteiger partial charge in [-0.25, -0.2) is 4.79 Å². The van der Waals surface area contributed by atoms with E-state index in [0.717, 1.165) is 2.88 Å². The molecule has 1 aromatic heterocycles. The fourth-order valence-corrected chi connectivity index (χ4v) is 3.18. The minimum atomic E-state index is -1.07. The summed E-state index contributed by atoms with van der Waals surface area (Å²) in [6, 6.07) is 0.798. The predicted molar refractivity (Wildman–Crippen MR) is 70.1 cm³/mol. The second-order valence-electron chi connectivity index (χ2n) is 3.84. The summed E-state index contributed by atoms with van der Waals surface area (Å²) in [6.07, 6.45) is -0.653. The third-order valence-electron chi connectivity index (χ3n) is 2.64. The lowest BCUT2D eigenvalue weighted by atomic mass is 10.2. The molecule has 2 atom stereocenters. The third-order valence-corrected chi connectivity index (χ3v) is 4.43. The monoisotopic (exact) mass is 367 g/mol. The molecule has 1 fully saturated rings. The molecule has 1 aromatic rings. The average Bonchev–Trinajstić information content (AvgIpc) is 2.83. The number of aliphatic hydroxyl groups excluding tert-OH is 1. The van der Waals surface area contributed by atoms with Crippen molar-refractivity contribution < 1.29 is 19.8 Å². The maximum atomic E-state index is 12.1. The molecule has 17 heavy (non-hydrogen) atoms. The minimum Gasteiger partial charge on any atom is -0.480 e. The van der Waals surface area contributed by atoms with Crippen LogP contribution in [-0.4, -0.2) is 45.7 Å². The van der Waals surface area contributed by atoms with E-state index in [9.17, 15) is 14.7 Å². The lowest BCUT2D eigenvalue weighted by Gasteiger charge is -2.20. The molecule has 0 bridgehead atoms. The van der Waals surface area contributed by atoms with Crippen molar-refractivity contribution in [2.75, 3.05) is 6.54 Å². The van der Waals surface area contributed by atoms with Gasteiger partial charge in [0.2, 0.25) is 0 Å². The van der Waals surface area contributed by atoms with Crippen LogP contribution in [0.2, 0.25) is 0 Å². The van der Waals surface area contributed by atoms with Gasteiger partial charge in [0.25, 0.3) is 5.91 Å². The van der Waals surface area contributed by atoms with E-state index in [1.54, 1.807) is 11.4 Å². The van der Waals surface area contributed by atoms with Gasteiger partial charge in [-0.1, -0.05) is 0 Å². The molecule has 0 unspecified atom stereocenters. The topological polar surface area (TPSA) is 77.8 Å². The smallest absolute Gasteiger partial charge is 0.326 e. The molecule has 2 rings (SSSR count). The Morgan fingerprint density at radius 3 is 2.76 bits per heavy atom. The summed E-state index contributed by atoms with van der Waals surface area (Å²) < 4.78 is 0.970. The molecule has 0 aliphatic carbocycles. The van der Waals surface area contributed by atoms with Gasteiger partial charge >= 0.3 is 5.97 Å². The molecule has 1 amide bonds. The first-order valence-electron chi connectivity index (χ1n) is 4.95. The number of amides is 1. The number of carboxylic acids is 1. The minimum absolute atomic E-state index is 0.0855. The first-order valence-corrected chi connectivity index (χ1v) is 6.90. The molecule has 0 radical (unpaired) electrons. The second kappa shape index (κ2) is 4.91. The zero-order chi connectivity index (χ0) is 12.6. The van der Waals surface area contributed by atoms with Crippen LogP contribution in [0, 0.1) is 2.88 Å². The van der Waals surface area contributed by atoms with Crippen LogP contribution < -0.4 is 0 Å². The highest BCUT2D eigenvalue weighted by Crippen LogP contribution is 2.24. The van der Waals surface area contributed by atoms with Crippen LogP contribution in [-0.2, 0) is 4.79 Å². The highest BCUT2D eigenvalue weighted by molar-refractivity contribution is 14.1. The molecular formula is C10H10INO4S. The molecule has 2 heterocycles. The van der Waals surface area contributed by atoms with E-state index in [0.29, 0.717) is 5.56 Å². The third kappa shape index (κ3) is 2.61. The number of halogens is 1. The van der Waals surface area contributed by atoms with Gasteiger partial charge in [0.15, 0.2) is 0 Å². The van der Waals surface area contributed by atoms with E-state index in [1.165, 1.54) is 16.2 Å². The van der Waals surface area contributed by atoms with Gasteiger partial charge in [-0.05, 0) is 28.7 Å². The zero-order valence-electron chi connectivity index (χ0n) is 8.67. The number of aliphatic hydroxyl groups is 1. The molecule has 7 heteroatoms. The summed E-state index contributed by atoms with van der Waals surface area (Å²) in [5.74, 6) is -1.40. The Morgan fingerprint density at radius 1 is 1.53 bits per heavy atom. The summed E-state index contributed by atoms with van der Waals surface area (Å²) in [7, 11) is 0. The SMILES string of the molecule is O=C(O)[C@H]1C[C@@H](O)CN1C(=O)c1csc(I)c1. The molecule has 0 spiro atoms. The number of hydrogen-bond acceptors (Lipinski definition) is 4. The first kappa shape index (κ1) is 12.8. The van der Waals surface area contributed by atoms with Crippen LogP contribution in [0.4, 0.5) is 0 Å². The lowest BCUT2D eigenvalue weighted by molar-refractivity contribution is -0.141. The summed E-state index contributed by atoms with van der Waals surface area (Å²) in [5, 5.41) is 20.2. The Labute approximate surface area is 115 Å². The number of likely N-dealkylation sites (tertiary alicyclic amines) is 1. The molecule has 1 saturated heterocycles. The molecular weight excluding hydrogens is 357 g/mol. The number of hydrogen-bond donors (Lipinski definition) is 2. The van der Waals surface area contributed by atoms with E-state index >= 15 is 0 Å². The van der Waals surface area contributed by atoms with Crippen LogP contribution in [0.1, 0.15) is 16.8 Å². The molecule has 0 aromatic carbocycles. The van der Waals surface area contributed by atoms with E-state index < -0.39 is 18.1 Å². The fourth-order valence-electron chi connectivity index (χ4n) is 1.86. The fraction of sp³-hybridized carbons (Fsp3) is 0.400. The van der Waals surface area contributed by atoms with Gasteiger partial charge in [-0.15, -0.1) is 11.3 Å². The van der Waals surface area contributed by atoms with E-state index in [-0.39, 0.29) is 18.9 Å². The largest absolute Gasteiger partial charge is 0.480 e. The van der Waals surface area contributed by atoms with Crippen LogP contribution >= 0.6 is 33.9 Å². The van der Waals surface area contributed by atoms with Crippen molar-refractivity contribution in [3.8, 4) is 0 Å². The normalized spacial score (nSPS) is 24.0. The van der Waals surface area contributed by atoms with Gasteiger partial charge in [-0.2, -0.15) is 0 Å². The maximum absolute atomic E-state index is 12.1. The Hall–Kier alpha value is -0.670. The second-order valence-corrected chi connectivity index (χ2v) is 6.65. The summed E-state index contributed by atoms with van der Waals surface area (Å²) in [5.41, 5.74) is 0.486. The van der Waals surface area contributed by atoms with E-state index in [2.05, 4.69) is 22.6 Å². The lowest BCUT2D eigenvalue weighted by Crippen LogP contribution is -2.40. The maximum Gasteiger partial charge on any atom is 0.326 e. The van der Waals surface area contributed by atoms with Crippen molar-refractivity contribution in [2.45, 2.75) is 18.6 Å². The number of thiophene rings is 1. The van der Waals surface area contributed by atoms with Crippen LogP contribution in [0.5, 0.6) is 0 Å². The number of carbonyl (C=O) groups excluding carboxylic acids is 1. The Balaban J connectivity index is 2.21. The first-order chi connectivity index (χ1) is 7.99. The summed E-state index contributed by atoms with van der Waals surface area (Å²) in [6.45, 7) is 0.0855.